The van der Waals surface area contributed by atoms with Crippen molar-refractivity contribution < 1.29 is 9.23 Å². The molecular weight excluding hydrogens is 315 g/mol. The van der Waals surface area contributed by atoms with E-state index in [0.29, 0.717) is 10.7 Å². The lowest BCUT2D eigenvalue weighted by Crippen LogP contribution is -2.48. The van der Waals surface area contributed by atoms with Crippen molar-refractivity contribution in [3.8, 4) is 0 Å². The van der Waals surface area contributed by atoms with Crippen molar-refractivity contribution in [2.75, 3.05) is 25.5 Å². The summed E-state index contributed by atoms with van der Waals surface area (Å²) < 4.78 is 14.0. The van der Waals surface area contributed by atoms with Gasteiger partial charge in [0.15, 0.2) is 5.11 Å². The third kappa shape index (κ3) is 4.26. The van der Waals surface area contributed by atoms with Gasteiger partial charge in [0.05, 0.1) is 16.9 Å². The molecule has 0 radical (unpaired) electrons. The molecule has 1 aromatic carbocycles. The molecule has 0 unspecified atom stereocenters. The van der Waals surface area contributed by atoms with Crippen LogP contribution < -0.4 is 10.7 Å². The molecule has 5 nitrogen and oxygen atoms in total. The number of halogens is 2. The second kappa shape index (κ2) is 7.53. The first-order chi connectivity index (χ1) is 10.1. The van der Waals surface area contributed by atoms with Crippen molar-refractivity contribution in [3.63, 3.8) is 0 Å². The Hall–Kier alpha value is -1.44. The summed E-state index contributed by atoms with van der Waals surface area (Å²) in [6, 6.07) is 2.75. The molecule has 0 bridgehead atoms. The van der Waals surface area contributed by atoms with Gasteiger partial charge in [0, 0.05) is 18.7 Å². The Morgan fingerprint density at radius 3 is 3.05 bits per heavy atom. The number of nitrogens with one attached hydrogen (secondary N) is 2. The van der Waals surface area contributed by atoms with Crippen LogP contribution in [-0.2, 0) is 4.84 Å². The van der Waals surface area contributed by atoms with Crippen molar-refractivity contribution in [3.05, 3.63) is 28.5 Å². The summed E-state index contributed by atoms with van der Waals surface area (Å²) in [5.41, 5.74) is 3.94. The SMILES string of the molecule is CON=Cc1cc(NC(=S)N2CCCCN2)c(F)cc1Cl. The summed E-state index contributed by atoms with van der Waals surface area (Å²) in [6.45, 7) is 1.65. The monoisotopic (exact) mass is 330 g/mol. The zero-order valence-corrected chi connectivity index (χ0v) is 13.1. The second-order valence-corrected chi connectivity index (χ2v) is 5.26. The average Bonchev–Trinajstić information content (AvgIpc) is 2.49. The van der Waals surface area contributed by atoms with Gasteiger partial charge in [-0.2, -0.15) is 0 Å². The van der Waals surface area contributed by atoms with Gasteiger partial charge in [0.1, 0.15) is 12.9 Å². The largest absolute Gasteiger partial charge is 0.399 e. The average molecular weight is 331 g/mol. The quantitative estimate of drug-likeness (QED) is 0.507. The van der Waals surface area contributed by atoms with Gasteiger partial charge in [0.25, 0.3) is 0 Å². The minimum Gasteiger partial charge on any atom is -0.399 e. The van der Waals surface area contributed by atoms with E-state index >= 15 is 0 Å². The summed E-state index contributed by atoms with van der Waals surface area (Å²) >= 11 is 11.2. The molecule has 0 aliphatic carbocycles. The molecule has 1 aromatic rings. The zero-order chi connectivity index (χ0) is 15.2. The number of hydrogen-bond acceptors (Lipinski definition) is 4. The molecule has 2 N–H and O–H groups in total. The number of anilines is 1. The summed E-state index contributed by atoms with van der Waals surface area (Å²) in [7, 11) is 1.42. The molecule has 0 atom stereocenters. The van der Waals surface area contributed by atoms with Gasteiger partial charge in [0.2, 0.25) is 0 Å². The van der Waals surface area contributed by atoms with E-state index in [0.717, 1.165) is 25.9 Å². The number of oxime groups is 1. The van der Waals surface area contributed by atoms with Crippen LogP contribution in [0.5, 0.6) is 0 Å². The molecule has 1 aliphatic rings. The van der Waals surface area contributed by atoms with Crippen LogP contribution in [0.15, 0.2) is 17.3 Å². The van der Waals surface area contributed by atoms with Crippen LogP contribution in [0, 0.1) is 5.82 Å². The molecule has 0 aromatic heterocycles. The third-order valence-electron chi connectivity index (χ3n) is 2.98. The molecule has 114 valence electrons. The maximum atomic E-state index is 14.0. The van der Waals surface area contributed by atoms with Crippen molar-refractivity contribution in [2.24, 2.45) is 5.16 Å². The van der Waals surface area contributed by atoms with E-state index in [1.54, 1.807) is 5.01 Å². The molecule has 1 fully saturated rings. The predicted molar refractivity (Wildman–Crippen MR) is 86.2 cm³/mol. The number of nitrogens with zero attached hydrogens (tertiary/aromatic N) is 2. The molecule has 1 aliphatic heterocycles. The van der Waals surface area contributed by atoms with Crippen LogP contribution in [-0.4, -0.2) is 36.5 Å². The smallest absolute Gasteiger partial charge is 0.188 e. The summed E-state index contributed by atoms with van der Waals surface area (Å²) in [6.07, 6.45) is 3.56. The van der Waals surface area contributed by atoms with Crippen molar-refractivity contribution >= 4 is 40.8 Å². The minimum atomic E-state index is -0.478. The van der Waals surface area contributed by atoms with E-state index in [-0.39, 0.29) is 10.7 Å². The highest BCUT2D eigenvalue weighted by Crippen LogP contribution is 2.23. The van der Waals surface area contributed by atoms with E-state index in [4.69, 9.17) is 23.8 Å². The fourth-order valence-electron chi connectivity index (χ4n) is 1.91. The van der Waals surface area contributed by atoms with Crippen LogP contribution >= 0.6 is 23.8 Å². The summed E-state index contributed by atoms with van der Waals surface area (Å²) in [5, 5.41) is 8.98. The Labute approximate surface area is 133 Å². The Kier molecular flexibility index (Phi) is 5.72. The van der Waals surface area contributed by atoms with Crippen LogP contribution in [0.1, 0.15) is 18.4 Å². The lowest BCUT2D eigenvalue weighted by molar-refractivity contribution is 0.215. The summed E-state index contributed by atoms with van der Waals surface area (Å²) in [4.78, 5) is 4.60. The van der Waals surface area contributed by atoms with Crippen LogP contribution in [0.4, 0.5) is 10.1 Å². The van der Waals surface area contributed by atoms with E-state index in [1.807, 2.05) is 0 Å². The number of thiocarbonyl (C=S) groups is 1. The fourth-order valence-corrected chi connectivity index (χ4v) is 2.38. The molecule has 0 amide bonds. The first-order valence-corrected chi connectivity index (χ1v) is 7.28. The van der Waals surface area contributed by atoms with Gasteiger partial charge >= 0.3 is 0 Å². The highest BCUT2D eigenvalue weighted by molar-refractivity contribution is 7.80. The molecular formula is C13H16ClFN4OS. The second-order valence-electron chi connectivity index (χ2n) is 4.47. The third-order valence-corrected chi connectivity index (χ3v) is 3.63. The fraction of sp³-hybridized carbons (Fsp3) is 0.385. The van der Waals surface area contributed by atoms with E-state index in [2.05, 4.69) is 20.7 Å². The topological polar surface area (TPSA) is 48.9 Å². The van der Waals surface area contributed by atoms with Gasteiger partial charge in [-0.25, -0.2) is 9.82 Å². The van der Waals surface area contributed by atoms with Crippen LogP contribution in [0.2, 0.25) is 5.02 Å². The van der Waals surface area contributed by atoms with Gasteiger partial charge in [-0.05, 0) is 37.2 Å². The van der Waals surface area contributed by atoms with Crippen LogP contribution in [0.25, 0.3) is 0 Å². The minimum absolute atomic E-state index is 0.245. The first kappa shape index (κ1) is 15.9. The Morgan fingerprint density at radius 1 is 1.57 bits per heavy atom. The lowest BCUT2D eigenvalue weighted by Gasteiger charge is -2.30. The van der Waals surface area contributed by atoms with E-state index < -0.39 is 5.82 Å². The molecule has 8 heteroatoms. The number of benzene rings is 1. The Balaban J connectivity index is 2.14. The van der Waals surface area contributed by atoms with E-state index in [1.165, 1.54) is 25.5 Å². The van der Waals surface area contributed by atoms with Gasteiger partial charge in [-0.1, -0.05) is 16.8 Å². The van der Waals surface area contributed by atoms with Crippen molar-refractivity contribution in [1.29, 1.82) is 0 Å². The lowest BCUT2D eigenvalue weighted by atomic mass is 10.2. The highest BCUT2D eigenvalue weighted by atomic mass is 35.5. The molecule has 0 saturated carbocycles. The number of hydrogen-bond donors (Lipinski definition) is 2. The molecule has 2 rings (SSSR count). The normalized spacial score (nSPS) is 15.3. The molecule has 1 heterocycles. The van der Waals surface area contributed by atoms with Gasteiger partial charge in [-0.3, -0.25) is 5.01 Å². The molecule has 21 heavy (non-hydrogen) atoms. The number of rotatable bonds is 3. The standard InChI is InChI=1S/C13H16ClFN4OS/c1-20-17-8-9-6-12(11(15)7-10(9)14)18-13(21)19-5-3-2-4-16-19/h6-8,16H,2-5H2,1H3,(H,18,21). The number of hydrazine groups is 1. The molecule has 0 spiro atoms. The van der Waals surface area contributed by atoms with E-state index in [9.17, 15) is 4.39 Å². The van der Waals surface area contributed by atoms with Crippen molar-refractivity contribution in [1.82, 2.24) is 10.4 Å². The zero-order valence-electron chi connectivity index (χ0n) is 11.5. The maximum Gasteiger partial charge on any atom is 0.188 e. The van der Waals surface area contributed by atoms with Crippen molar-refractivity contribution in [2.45, 2.75) is 12.8 Å². The van der Waals surface area contributed by atoms with Gasteiger partial charge in [-0.15, -0.1) is 0 Å². The highest BCUT2D eigenvalue weighted by Gasteiger charge is 2.15. The maximum absolute atomic E-state index is 14.0. The van der Waals surface area contributed by atoms with Gasteiger partial charge < -0.3 is 10.2 Å². The molecule has 1 saturated heterocycles. The Bertz CT molecular complexity index is 549. The summed E-state index contributed by atoms with van der Waals surface area (Å²) in [5.74, 6) is -0.478. The van der Waals surface area contributed by atoms with Crippen LogP contribution in [0.3, 0.4) is 0 Å². The Morgan fingerprint density at radius 2 is 2.38 bits per heavy atom. The first-order valence-electron chi connectivity index (χ1n) is 6.49. The predicted octanol–water partition coefficient (Wildman–Crippen LogP) is 2.76.